The van der Waals surface area contributed by atoms with Crippen molar-refractivity contribution in [2.75, 3.05) is 0 Å². The zero-order valence-electron chi connectivity index (χ0n) is 16.9. The molecule has 1 aromatic heterocycles. The lowest BCUT2D eigenvalue weighted by Crippen LogP contribution is -2.17. The van der Waals surface area contributed by atoms with E-state index >= 15 is 0 Å². The van der Waals surface area contributed by atoms with Crippen LogP contribution in [-0.4, -0.2) is 21.8 Å². The molecule has 0 bridgehead atoms. The van der Waals surface area contributed by atoms with E-state index in [2.05, 4.69) is 20.9 Å². The van der Waals surface area contributed by atoms with E-state index in [9.17, 15) is 35.9 Å². The van der Waals surface area contributed by atoms with E-state index in [1.807, 2.05) is 0 Å². The zero-order valence-corrected chi connectivity index (χ0v) is 18.5. The topological polar surface area (TPSA) is 67.3 Å². The Bertz CT molecular complexity index is 1220. The highest BCUT2D eigenvalue weighted by molar-refractivity contribution is 9.10. The minimum Gasteiger partial charge on any atom is -0.478 e. The van der Waals surface area contributed by atoms with E-state index in [1.165, 1.54) is 12.1 Å². The highest BCUT2D eigenvalue weighted by Gasteiger charge is 2.37. The Kier molecular flexibility index (Phi) is 7.15. The second-order valence-electron chi connectivity index (χ2n) is 7.23. The van der Waals surface area contributed by atoms with Gasteiger partial charge in [-0.05, 0) is 57.9 Å². The fourth-order valence-corrected chi connectivity index (χ4v) is 3.93. The number of hydrogen-bond donors (Lipinski definition) is 1. The third-order valence-electron chi connectivity index (χ3n) is 5.03. The first-order chi connectivity index (χ1) is 15.8. The average Bonchev–Trinajstić information content (AvgIpc) is 2.76. The third-order valence-corrected chi connectivity index (χ3v) is 5.68. The monoisotopic (exact) mass is 545 g/mol. The molecule has 0 aliphatic carbocycles. The van der Waals surface area contributed by atoms with Gasteiger partial charge in [-0.25, -0.2) is 4.79 Å². The number of carboxylic acid groups (broad SMARTS) is 1. The van der Waals surface area contributed by atoms with Crippen LogP contribution in [0.15, 0.2) is 65.3 Å². The molecule has 178 valence electrons. The maximum absolute atomic E-state index is 13.6. The predicted molar refractivity (Wildman–Crippen MR) is 113 cm³/mol. The second-order valence-corrected chi connectivity index (χ2v) is 8.09. The van der Waals surface area contributed by atoms with Gasteiger partial charge in [0.15, 0.2) is 5.78 Å². The first-order valence-corrected chi connectivity index (χ1v) is 10.3. The van der Waals surface area contributed by atoms with Gasteiger partial charge >= 0.3 is 18.3 Å². The van der Waals surface area contributed by atoms with Crippen LogP contribution in [-0.2, 0) is 12.4 Å². The van der Waals surface area contributed by atoms with Crippen LogP contribution in [0.5, 0.6) is 0 Å². The molecule has 3 aromatic rings. The molecule has 0 aliphatic rings. The number of Topliss-reactive ketones (excluding diaryl/α,β-unsaturated/α-hetero) is 1. The van der Waals surface area contributed by atoms with Crippen LogP contribution in [0.25, 0.3) is 0 Å². The number of carbonyl (C=O) groups excluding carboxylic acids is 1. The van der Waals surface area contributed by atoms with Crippen LogP contribution < -0.4 is 0 Å². The number of hydrogen-bond acceptors (Lipinski definition) is 3. The van der Waals surface area contributed by atoms with E-state index in [0.717, 1.165) is 48.7 Å². The number of carboxylic acids is 1. The summed E-state index contributed by atoms with van der Waals surface area (Å²) in [4.78, 5) is 27.9. The van der Waals surface area contributed by atoms with Crippen molar-refractivity contribution < 1.29 is 41.0 Å². The molecule has 2 aromatic carbocycles. The molecule has 1 atom stereocenters. The number of benzene rings is 2. The molecule has 1 heterocycles. The third kappa shape index (κ3) is 5.64. The molecule has 0 saturated heterocycles. The van der Waals surface area contributed by atoms with Gasteiger partial charge in [0.1, 0.15) is 0 Å². The molecule has 0 saturated carbocycles. The highest BCUT2D eigenvalue weighted by atomic mass is 79.9. The highest BCUT2D eigenvalue weighted by Crippen LogP contribution is 2.39. The summed E-state index contributed by atoms with van der Waals surface area (Å²) in [6.07, 6.45) is -8.91. The van der Waals surface area contributed by atoms with Crippen molar-refractivity contribution in [3.8, 4) is 0 Å². The quantitative estimate of drug-likeness (QED) is 0.268. The molecule has 0 spiro atoms. The van der Waals surface area contributed by atoms with Gasteiger partial charge in [0.2, 0.25) is 0 Å². The maximum Gasteiger partial charge on any atom is 0.418 e. The Balaban J connectivity index is 2.07. The molecule has 4 nitrogen and oxygen atoms in total. The number of carbonyl (C=O) groups is 2. The van der Waals surface area contributed by atoms with Crippen molar-refractivity contribution >= 4 is 27.7 Å². The smallest absolute Gasteiger partial charge is 0.418 e. The van der Waals surface area contributed by atoms with Gasteiger partial charge < -0.3 is 5.11 Å². The minimum absolute atomic E-state index is 0.0123. The molecule has 0 aliphatic heterocycles. The largest absolute Gasteiger partial charge is 0.478 e. The van der Waals surface area contributed by atoms with E-state index in [0.29, 0.717) is 0 Å². The van der Waals surface area contributed by atoms with Crippen LogP contribution in [0.4, 0.5) is 26.3 Å². The van der Waals surface area contributed by atoms with Gasteiger partial charge in [-0.3, -0.25) is 9.78 Å². The molecule has 0 radical (unpaired) electrons. The fraction of sp³-hybridized carbons (Fsp3) is 0.174. The summed E-state index contributed by atoms with van der Waals surface area (Å²) in [6, 6.07) is 8.92. The van der Waals surface area contributed by atoms with E-state index < -0.39 is 53.3 Å². The van der Waals surface area contributed by atoms with Gasteiger partial charge in [-0.1, -0.05) is 18.2 Å². The Hall–Kier alpha value is -3.21. The van der Waals surface area contributed by atoms with Crippen LogP contribution in [0.2, 0.25) is 0 Å². The second kappa shape index (κ2) is 9.57. The van der Waals surface area contributed by atoms with Crippen molar-refractivity contribution in [1.29, 1.82) is 0 Å². The number of aromatic carboxylic acids is 1. The van der Waals surface area contributed by atoms with Crippen LogP contribution >= 0.6 is 15.9 Å². The molecule has 0 amide bonds. The zero-order chi connectivity index (χ0) is 25.3. The standard InChI is InChI=1S/C23H14BrF6NO3/c24-18-10-13(5-8-15(18)21(33)34)19(32)11-16(12-3-6-14(7-4-12)22(25,26)27)20-17(23(28,29)30)2-1-9-31-20/h1-10,16H,11H2,(H,33,34)/t16-/m0/s1. The Morgan fingerprint density at radius 2 is 1.59 bits per heavy atom. The van der Waals surface area contributed by atoms with Crippen molar-refractivity contribution in [1.82, 2.24) is 4.98 Å². The summed E-state index contributed by atoms with van der Waals surface area (Å²) >= 11 is 3.04. The first-order valence-electron chi connectivity index (χ1n) is 9.54. The Morgan fingerprint density at radius 1 is 0.941 bits per heavy atom. The number of ketones is 1. The molecule has 34 heavy (non-hydrogen) atoms. The molecule has 3 rings (SSSR count). The van der Waals surface area contributed by atoms with Crippen molar-refractivity contribution in [2.45, 2.75) is 24.7 Å². The summed E-state index contributed by atoms with van der Waals surface area (Å²) in [5, 5.41) is 9.11. The van der Waals surface area contributed by atoms with E-state index in [-0.39, 0.29) is 21.2 Å². The van der Waals surface area contributed by atoms with Gasteiger partial charge in [-0.15, -0.1) is 0 Å². The predicted octanol–water partition coefficient (Wildman–Crippen LogP) is 6.98. The van der Waals surface area contributed by atoms with Crippen LogP contribution in [0.3, 0.4) is 0 Å². The lowest BCUT2D eigenvalue weighted by molar-refractivity contribution is -0.139. The molecule has 1 N–H and O–H groups in total. The van der Waals surface area contributed by atoms with E-state index in [1.54, 1.807) is 0 Å². The normalized spacial score (nSPS) is 12.9. The van der Waals surface area contributed by atoms with Gasteiger partial charge in [0.25, 0.3) is 0 Å². The van der Waals surface area contributed by atoms with Crippen molar-refractivity contribution in [2.24, 2.45) is 0 Å². The van der Waals surface area contributed by atoms with E-state index in [4.69, 9.17) is 5.11 Å². The number of aromatic nitrogens is 1. The van der Waals surface area contributed by atoms with Gasteiger partial charge in [-0.2, -0.15) is 26.3 Å². The molecular weight excluding hydrogens is 532 g/mol. The minimum atomic E-state index is -4.82. The number of alkyl halides is 6. The lowest BCUT2D eigenvalue weighted by Gasteiger charge is -2.21. The van der Waals surface area contributed by atoms with Crippen LogP contribution in [0.1, 0.15) is 55.4 Å². The summed E-state index contributed by atoms with van der Waals surface area (Å²) < 4.78 is 79.9. The molecule has 0 unspecified atom stereocenters. The number of nitrogens with zero attached hydrogens (tertiary/aromatic N) is 1. The SMILES string of the molecule is O=C(C[C@@H](c1ccc(C(F)(F)F)cc1)c1ncccc1C(F)(F)F)c1ccc(C(=O)O)c(Br)c1. The average molecular weight is 546 g/mol. The first kappa shape index (κ1) is 25.4. The van der Waals surface area contributed by atoms with Crippen molar-refractivity contribution in [3.05, 3.63) is 98.8 Å². The van der Waals surface area contributed by atoms with Gasteiger partial charge in [0, 0.05) is 28.6 Å². The lowest BCUT2D eigenvalue weighted by atomic mass is 9.86. The Labute approximate surface area is 197 Å². The molecule has 0 fully saturated rings. The number of pyridine rings is 1. The summed E-state index contributed by atoms with van der Waals surface area (Å²) in [5.41, 5.74) is -2.70. The molecular formula is C23H14BrF6NO3. The summed E-state index contributed by atoms with van der Waals surface area (Å²) in [5.74, 6) is -3.22. The Morgan fingerprint density at radius 3 is 2.12 bits per heavy atom. The van der Waals surface area contributed by atoms with Crippen LogP contribution in [0, 0.1) is 0 Å². The number of rotatable bonds is 6. The maximum atomic E-state index is 13.6. The van der Waals surface area contributed by atoms with Gasteiger partial charge in [0.05, 0.1) is 22.4 Å². The van der Waals surface area contributed by atoms with Crippen molar-refractivity contribution in [3.63, 3.8) is 0 Å². The molecule has 11 heteroatoms. The summed E-state index contributed by atoms with van der Waals surface area (Å²) in [7, 11) is 0. The fourth-order valence-electron chi connectivity index (χ4n) is 3.38. The number of halogens is 7. The summed E-state index contributed by atoms with van der Waals surface area (Å²) in [6.45, 7) is 0.